The average molecular weight is 227 g/mol. The molecule has 0 bridgehead atoms. The monoisotopic (exact) mass is 227 g/mol. The first-order valence-corrected chi connectivity index (χ1v) is 5.71. The maximum Gasteiger partial charge on any atom is 0.337 e. The molecular weight excluding hydrogens is 214 g/mol. The molecule has 3 rings (SSSR count). The quantitative estimate of drug-likeness (QED) is 0.746. The highest BCUT2D eigenvalue weighted by Crippen LogP contribution is 2.34. The van der Waals surface area contributed by atoms with Gasteiger partial charge < -0.3 is 10.0 Å². The minimum absolute atomic E-state index is 0.249. The fourth-order valence-electron chi connectivity index (χ4n) is 2.55. The second-order valence-electron chi connectivity index (χ2n) is 4.44. The van der Waals surface area contributed by atoms with Crippen molar-refractivity contribution < 1.29 is 9.90 Å². The van der Waals surface area contributed by atoms with Crippen LogP contribution >= 0.6 is 0 Å². The SMILES string of the molecule is O=C(O)C1=CN2C=CC3=CC=CCC3C2C=C1. The zero-order valence-corrected chi connectivity index (χ0v) is 9.28. The van der Waals surface area contributed by atoms with Gasteiger partial charge in [-0.25, -0.2) is 4.79 Å². The third-order valence-electron chi connectivity index (χ3n) is 3.45. The fourth-order valence-corrected chi connectivity index (χ4v) is 2.55. The molecule has 2 unspecified atom stereocenters. The van der Waals surface area contributed by atoms with Crippen LogP contribution in [-0.4, -0.2) is 22.0 Å². The van der Waals surface area contributed by atoms with Gasteiger partial charge in [-0.15, -0.1) is 0 Å². The van der Waals surface area contributed by atoms with E-state index in [0.29, 0.717) is 11.5 Å². The number of hydrogen-bond donors (Lipinski definition) is 1. The van der Waals surface area contributed by atoms with Gasteiger partial charge in [0.15, 0.2) is 0 Å². The minimum Gasteiger partial charge on any atom is -0.478 e. The number of carbonyl (C=O) groups is 1. The predicted molar refractivity (Wildman–Crippen MR) is 65.0 cm³/mol. The molecule has 0 saturated heterocycles. The maximum atomic E-state index is 10.9. The highest BCUT2D eigenvalue weighted by atomic mass is 16.4. The van der Waals surface area contributed by atoms with Crippen LogP contribution in [0, 0.1) is 5.92 Å². The lowest BCUT2D eigenvalue weighted by Gasteiger charge is -2.39. The van der Waals surface area contributed by atoms with Crippen molar-refractivity contribution in [2.45, 2.75) is 12.5 Å². The standard InChI is InChI=1S/C14H13NO2/c16-14(17)11-5-6-13-12-4-2-1-3-10(12)7-8-15(13)9-11/h1-3,5-9,12-13H,4H2,(H,16,17). The van der Waals surface area contributed by atoms with E-state index in [1.54, 1.807) is 12.3 Å². The predicted octanol–water partition coefficient (Wildman–Crippen LogP) is 2.23. The first-order chi connectivity index (χ1) is 8.25. The normalized spacial score (nSPS) is 29.3. The number of carboxylic acid groups (broad SMARTS) is 1. The Bertz CT molecular complexity index is 508. The number of rotatable bonds is 1. The van der Waals surface area contributed by atoms with Crippen LogP contribution in [0.5, 0.6) is 0 Å². The molecule has 3 heteroatoms. The Morgan fingerprint density at radius 3 is 3.12 bits per heavy atom. The lowest BCUT2D eigenvalue weighted by Crippen LogP contribution is -2.38. The topological polar surface area (TPSA) is 40.5 Å². The van der Waals surface area contributed by atoms with Crippen LogP contribution in [-0.2, 0) is 4.79 Å². The van der Waals surface area contributed by atoms with Gasteiger partial charge in [0, 0.05) is 18.3 Å². The molecule has 17 heavy (non-hydrogen) atoms. The summed E-state index contributed by atoms with van der Waals surface area (Å²) in [5.41, 5.74) is 1.66. The Morgan fingerprint density at radius 2 is 2.29 bits per heavy atom. The molecule has 0 aromatic carbocycles. The van der Waals surface area contributed by atoms with Crippen molar-refractivity contribution in [1.29, 1.82) is 0 Å². The number of aliphatic carboxylic acids is 1. The molecule has 2 atom stereocenters. The van der Waals surface area contributed by atoms with Crippen molar-refractivity contribution in [3.05, 3.63) is 60.0 Å². The Labute approximate surface area is 99.7 Å². The molecule has 0 spiro atoms. The summed E-state index contributed by atoms with van der Waals surface area (Å²) in [6.07, 6.45) is 16.8. The van der Waals surface area contributed by atoms with Gasteiger partial charge in [-0.05, 0) is 24.1 Å². The Balaban J connectivity index is 1.95. The molecule has 1 aliphatic carbocycles. The molecule has 0 radical (unpaired) electrons. The molecule has 3 aliphatic rings. The third-order valence-corrected chi connectivity index (χ3v) is 3.45. The first-order valence-electron chi connectivity index (χ1n) is 5.71. The van der Waals surface area contributed by atoms with E-state index < -0.39 is 5.97 Å². The van der Waals surface area contributed by atoms with Crippen LogP contribution in [0.25, 0.3) is 0 Å². The number of nitrogens with zero attached hydrogens (tertiary/aromatic N) is 1. The van der Waals surface area contributed by atoms with Crippen LogP contribution < -0.4 is 0 Å². The summed E-state index contributed by atoms with van der Waals surface area (Å²) in [6.45, 7) is 0. The van der Waals surface area contributed by atoms with Crippen LogP contribution in [0.2, 0.25) is 0 Å². The second kappa shape index (κ2) is 3.77. The van der Waals surface area contributed by atoms with Crippen molar-refractivity contribution in [3.63, 3.8) is 0 Å². The van der Waals surface area contributed by atoms with Gasteiger partial charge in [0.2, 0.25) is 0 Å². The molecule has 86 valence electrons. The Morgan fingerprint density at radius 1 is 1.41 bits per heavy atom. The second-order valence-corrected chi connectivity index (χ2v) is 4.44. The van der Waals surface area contributed by atoms with E-state index in [1.165, 1.54) is 5.57 Å². The van der Waals surface area contributed by atoms with Crippen LogP contribution in [0.4, 0.5) is 0 Å². The highest BCUT2D eigenvalue weighted by Gasteiger charge is 2.31. The molecule has 2 heterocycles. The lowest BCUT2D eigenvalue weighted by molar-refractivity contribution is -0.132. The van der Waals surface area contributed by atoms with Gasteiger partial charge >= 0.3 is 5.97 Å². The first kappa shape index (κ1) is 10.1. The zero-order chi connectivity index (χ0) is 11.8. The Hall–Kier alpha value is -2.03. The maximum absolute atomic E-state index is 10.9. The largest absolute Gasteiger partial charge is 0.478 e. The number of allylic oxidation sites excluding steroid dienone is 4. The smallest absolute Gasteiger partial charge is 0.337 e. The Kier molecular flexibility index (Phi) is 2.25. The molecule has 0 aromatic rings. The fraction of sp³-hybridized carbons (Fsp3) is 0.214. The zero-order valence-electron chi connectivity index (χ0n) is 9.28. The van der Waals surface area contributed by atoms with Gasteiger partial charge in [-0.1, -0.05) is 24.3 Å². The van der Waals surface area contributed by atoms with Gasteiger partial charge in [0.25, 0.3) is 0 Å². The highest BCUT2D eigenvalue weighted by molar-refractivity contribution is 5.90. The lowest BCUT2D eigenvalue weighted by atomic mass is 9.81. The van der Waals surface area contributed by atoms with E-state index in [1.807, 2.05) is 17.2 Å². The minimum atomic E-state index is -0.877. The van der Waals surface area contributed by atoms with E-state index >= 15 is 0 Å². The van der Waals surface area contributed by atoms with E-state index in [2.05, 4.69) is 24.3 Å². The summed E-state index contributed by atoms with van der Waals surface area (Å²) in [7, 11) is 0. The summed E-state index contributed by atoms with van der Waals surface area (Å²) in [5, 5.41) is 8.97. The summed E-state index contributed by atoms with van der Waals surface area (Å²) in [5.74, 6) is -0.439. The van der Waals surface area contributed by atoms with Gasteiger partial charge in [0.1, 0.15) is 0 Å². The molecule has 2 aliphatic heterocycles. The van der Waals surface area contributed by atoms with E-state index in [4.69, 9.17) is 5.11 Å². The van der Waals surface area contributed by atoms with Crippen LogP contribution in [0.3, 0.4) is 0 Å². The van der Waals surface area contributed by atoms with E-state index in [9.17, 15) is 4.79 Å². The van der Waals surface area contributed by atoms with E-state index in [0.717, 1.165) is 6.42 Å². The molecule has 0 saturated carbocycles. The molecule has 3 nitrogen and oxygen atoms in total. The van der Waals surface area contributed by atoms with Crippen molar-refractivity contribution in [2.75, 3.05) is 0 Å². The third kappa shape index (κ3) is 1.64. The average Bonchev–Trinajstić information content (AvgIpc) is 2.38. The summed E-state index contributed by atoms with van der Waals surface area (Å²) >= 11 is 0. The van der Waals surface area contributed by atoms with Crippen molar-refractivity contribution in [1.82, 2.24) is 4.90 Å². The van der Waals surface area contributed by atoms with Gasteiger partial charge in [0.05, 0.1) is 11.6 Å². The molecule has 0 fully saturated rings. The molecule has 0 aromatic heterocycles. The summed E-state index contributed by atoms with van der Waals surface area (Å²) in [4.78, 5) is 12.9. The number of hydrogen-bond acceptors (Lipinski definition) is 2. The van der Waals surface area contributed by atoms with Crippen molar-refractivity contribution in [2.24, 2.45) is 5.92 Å². The van der Waals surface area contributed by atoms with Gasteiger partial charge in [-0.2, -0.15) is 0 Å². The number of carboxylic acids is 1. The van der Waals surface area contributed by atoms with Gasteiger partial charge in [-0.3, -0.25) is 0 Å². The van der Waals surface area contributed by atoms with Crippen molar-refractivity contribution >= 4 is 5.97 Å². The van der Waals surface area contributed by atoms with Crippen molar-refractivity contribution in [3.8, 4) is 0 Å². The molecule has 1 N–H and O–H groups in total. The molecular formula is C14H13NO2. The van der Waals surface area contributed by atoms with Crippen LogP contribution in [0.15, 0.2) is 60.0 Å². The molecule has 0 amide bonds. The van der Waals surface area contributed by atoms with Crippen LogP contribution in [0.1, 0.15) is 6.42 Å². The van der Waals surface area contributed by atoms with E-state index in [-0.39, 0.29) is 6.04 Å². The number of fused-ring (bicyclic) bond motifs is 3. The summed E-state index contributed by atoms with van der Waals surface area (Å²) < 4.78 is 0. The summed E-state index contributed by atoms with van der Waals surface area (Å²) in [6, 6.07) is 0.249.